The van der Waals surface area contributed by atoms with Gasteiger partial charge < -0.3 is 14.6 Å². The van der Waals surface area contributed by atoms with E-state index in [1.165, 1.54) is 25.0 Å². The number of aromatic hydroxyl groups is 1. The fourth-order valence-electron chi connectivity index (χ4n) is 2.13. The SMILES string of the molecule is CC(=O)CCCCCCCCCOc1ccc(O)c(F)c1. The lowest BCUT2D eigenvalue weighted by molar-refractivity contribution is -0.117. The van der Waals surface area contributed by atoms with Gasteiger partial charge in [0.05, 0.1) is 6.61 Å². The van der Waals surface area contributed by atoms with E-state index in [1.807, 2.05) is 0 Å². The molecule has 4 heteroatoms. The van der Waals surface area contributed by atoms with Crippen molar-refractivity contribution in [3.8, 4) is 11.5 Å². The van der Waals surface area contributed by atoms with Crippen molar-refractivity contribution in [2.45, 2.75) is 58.3 Å². The molecule has 1 N–H and O–H groups in total. The number of rotatable bonds is 11. The van der Waals surface area contributed by atoms with Crippen molar-refractivity contribution in [2.75, 3.05) is 6.61 Å². The number of carbonyl (C=O) groups excluding carboxylic acids is 1. The number of phenolic OH excluding ortho intramolecular Hbond substituents is 1. The summed E-state index contributed by atoms with van der Waals surface area (Å²) in [7, 11) is 0. The molecule has 0 aromatic heterocycles. The van der Waals surface area contributed by atoms with Crippen molar-refractivity contribution in [1.82, 2.24) is 0 Å². The zero-order valence-corrected chi connectivity index (χ0v) is 12.7. The van der Waals surface area contributed by atoms with Gasteiger partial charge in [0, 0.05) is 12.5 Å². The maximum absolute atomic E-state index is 13.1. The van der Waals surface area contributed by atoms with Crippen LogP contribution in [0, 0.1) is 5.82 Å². The molecule has 1 aromatic carbocycles. The molecule has 0 saturated heterocycles. The zero-order valence-electron chi connectivity index (χ0n) is 12.7. The predicted molar refractivity (Wildman–Crippen MR) is 81.2 cm³/mol. The Morgan fingerprint density at radius 2 is 1.71 bits per heavy atom. The predicted octanol–water partition coefficient (Wildman–Crippen LogP) is 4.62. The van der Waals surface area contributed by atoms with Gasteiger partial charge in [0.15, 0.2) is 11.6 Å². The average Bonchev–Trinajstić information content (AvgIpc) is 2.44. The first-order valence-corrected chi connectivity index (χ1v) is 7.70. The molecule has 1 rings (SSSR count). The molecule has 0 heterocycles. The van der Waals surface area contributed by atoms with E-state index in [-0.39, 0.29) is 11.5 Å². The second kappa shape index (κ2) is 10.2. The van der Waals surface area contributed by atoms with E-state index in [9.17, 15) is 9.18 Å². The van der Waals surface area contributed by atoms with Gasteiger partial charge in [-0.3, -0.25) is 0 Å². The minimum absolute atomic E-state index is 0.276. The van der Waals surface area contributed by atoms with Crippen molar-refractivity contribution in [3.05, 3.63) is 24.0 Å². The highest BCUT2D eigenvalue weighted by atomic mass is 19.1. The van der Waals surface area contributed by atoms with E-state index >= 15 is 0 Å². The molecule has 0 saturated carbocycles. The quantitative estimate of drug-likeness (QED) is 0.606. The third kappa shape index (κ3) is 8.33. The van der Waals surface area contributed by atoms with E-state index in [4.69, 9.17) is 9.84 Å². The lowest BCUT2D eigenvalue weighted by Crippen LogP contribution is -1.97. The van der Waals surface area contributed by atoms with Crippen molar-refractivity contribution in [2.24, 2.45) is 0 Å². The highest BCUT2D eigenvalue weighted by molar-refractivity contribution is 5.75. The fourth-order valence-corrected chi connectivity index (χ4v) is 2.13. The Bertz CT molecular complexity index is 432. The number of hydrogen-bond acceptors (Lipinski definition) is 3. The molecule has 0 radical (unpaired) electrons. The van der Waals surface area contributed by atoms with Crippen LogP contribution >= 0.6 is 0 Å². The van der Waals surface area contributed by atoms with Crippen molar-refractivity contribution in [3.63, 3.8) is 0 Å². The van der Waals surface area contributed by atoms with Crippen LogP contribution in [0.25, 0.3) is 0 Å². The standard InChI is InChI=1S/C17H25FO3/c1-14(19)9-7-5-3-2-4-6-8-12-21-15-10-11-17(20)16(18)13-15/h10-11,13,20H,2-9,12H2,1H3. The number of hydrogen-bond donors (Lipinski definition) is 1. The fraction of sp³-hybridized carbons (Fsp3) is 0.588. The van der Waals surface area contributed by atoms with Gasteiger partial charge in [0.1, 0.15) is 11.5 Å². The van der Waals surface area contributed by atoms with Crippen LogP contribution in [0.15, 0.2) is 18.2 Å². The number of Topliss-reactive ketones (excluding diaryl/α,β-unsaturated/α-hetero) is 1. The van der Waals surface area contributed by atoms with Crippen LogP contribution in [0.1, 0.15) is 58.3 Å². The first kappa shape index (κ1) is 17.5. The minimum atomic E-state index is -0.655. The lowest BCUT2D eigenvalue weighted by atomic mass is 10.1. The van der Waals surface area contributed by atoms with Gasteiger partial charge in [0.25, 0.3) is 0 Å². The molecule has 0 atom stereocenters. The molecule has 21 heavy (non-hydrogen) atoms. The third-order valence-corrected chi connectivity index (χ3v) is 3.36. The summed E-state index contributed by atoms with van der Waals surface area (Å²) in [6.45, 7) is 2.20. The highest BCUT2D eigenvalue weighted by Gasteiger charge is 2.02. The molecule has 118 valence electrons. The highest BCUT2D eigenvalue weighted by Crippen LogP contribution is 2.21. The van der Waals surface area contributed by atoms with E-state index in [0.29, 0.717) is 18.8 Å². The van der Waals surface area contributed by atoms with E-state index in [1.54, 1.807) is 13.0 Å². The maximum atomic E-state index is 13.1. The van der Waals surface area contributed by atoms with Crippen LogP contribution in [0.4, 0.5) is 4.39 Å². The molecule has 0 aliphatic heterocycles. The number of unbranched alkanes of at least 4 members (excludes halogenated alkanes) is 6. The number of ether oxygens (including phenoxy) is 1. The molecule has 0 bridgehead atoms. The summed E-state index contributed by atoms with van der Waals surface area (Å²) in [5.74, 6) is -0.280. The van der Waals surface area contributed by atoms with Crippen molar-refractivity contribution < 1.29 is 19.0 Å². The van der Waals surface area contributed by atoms with Crippen LogP contribution in [0.3, 0.4) is 0 Å². The van der Waals surface area contributed by atoms with E-state index in [2.05, 4.69) is 0 Å². The molecule has 3 nitrogen and oxygen atoms in total. The molecule has 1 aromatic rings. The zero-order chi connectivity index (χ0) is 15.5. The normalized spacial score (nSPS) is 10.6. The minimum Gasteiger partial charge on any atom is -0.505 e. The van der Waals surface area contributed by atoms with Gasteiger partial charge >= 0.3 is 0 Å². The first-order valence-electron chi connectivity index (χ1n) is 7.70. The van der Waals surface area contributed by atoms with E-state index in [0.717, 1.165) is 32.1 Å². The molecule has 0 fully saturated rings. The number of halogens is 1. The smallest absolute Gasteiger partial charge is 0.168 e. The first-order chi connectivity index (χ1) is 10.1. The van der Waals surface area contributed by atoms with E-state index < -0.39 is 5.82 Å². The Labute approximate surface area is 126 Å². The maximum Gasteiger partial charge on any atom is 0.168 e. The summed E-state index contributed by atoms with van der Waals surface area (Å²) in [5.41, 5.74) is 0. The van der Waals surface area contributed by atoms with Crippen LogP contribution in [0.5, 0.6) is 11.5 Å². The van der Waals surface area contributed by atoms with Gasteiger partial charge in [0.2, 0.25) is 0 Å². The number of benzene rings is 1. The largest absolute Gasteiger partial charge is 0.505 e. The molecule has 0 aliphatic rings. The van der Waals surface area contributed by atoms with Crippen LogP contribution in [-0.4, -0.2) is 17.5 Å². The van der Waals surface area contributed by atoms with Crippen LogP contribution in [-0.2, 0) is 4.79 Å². The molecular formula is C17H25FO3. The summed E-state index contributed by atoms with van der Waals surface area (Å²) in [6, 6.07) is 4.06. The summed E-state index contributed by atoms with van der Waals surface area (Å²) in [6.07, 6.45) is 8.39. The second-order valence-corrected chi connectivity index (χ2v) is 5.39. The molecule has 0 aliphatic carbocycles. The summed E-state index contributed by atoms with van der Waals surface area (Å²) in [4.78, 5) is 10.8. The van der Waals surface area contributed by atoms with Crippen LogP contribution in [0.2, 0.25) is 0 Å². The Kier molecular flexibility index (Phi) is 8.48. The monoisotopic (exact) mass is 296 g/mol. The van der Waals surface area contributed by atoms with Gasteiger partial charge in [-0.1, -0.05) is 32.1 Å². The second-order valence-electron chi connectivity index (χ2n) is 5.39. The Hall–Kier alpha value is -1.58. The van der Waals surface area contributed by atoms with Gasteiger partial charge in [-0.25, -0.2) is 4.39 Å². The Morgan fingerprint density at radius 3 is 2.33 bits per heavy atom. The lowest BCUT2D eigenvalue weighted by Gasteiger charge is -2.06. The third-order valence-electron chi connectivity index (χ3n) is 3.36. The molecule has 0 spiro atoms. The summed E-state index contributed by atoms with van der Waals surface area (Å²) in [5, 5.41) is 9.06. The topological polar surface area (TPSA) is 46.5 Å². The molecular weight excluding hydrogens is 271 g/mol. The van der Waals surface area contributed by atoms with Crippen molar-refractivity contribution >= 4 is 5.78 Å². The van der Waals surface area contributed by atoms with Gasteiger partial charge in [-0.05, 0) is 31.9 Å². The van der Waals surface area contributed by atoms with Gasteiger partial charge in [-0.2, -0.15) is 0 Å². The average molecular weight is 296 g/mol. The number of ketones is 1. The molecule has 0 amide bonds. The number of phenols is 1. The molecule has 0 unspecified atom stereocenters. The van der Waals surface area contributed by atoms with Gasteiger partial charge in [-0.15, -0.1) is 0 Å². The number of carbonyl (C=O) groups is 1. The summed E-state index contributed by atoms with van der Waals surface area (Å²) >= 11 is 0. The van der Waals surface area contributed by atoms with Crippen molar-refractivity contribution in [1.29, 1.82) is 0 Å². The van der Waals surface area contributed by atoms with Crippen LogP contribution < -0.4 is 4.74 Å². The Balaban J connectivity index is 1.95. The Morgan fingerprint density at radius 1 is 1.10 bits per heavy atom. The summed E-state index contributed by atoms with van der Waals surface area (Å²) < 4.78 is 18.5.